The topological polar surface area (TPSA) is 56.3 Å². The van der Waals surface area contributed by atoms with Crippen molar-refractivity contribution in [2.45, 2.75) is 32.6 Å². The van der Waals surface area contributed by atoms with Gasteiger partial charge in [0.15, 0.2) is 11.5 Å². The van der Waals surface area contributed by atoms with Crippen LogP contribution in [0.2, 0.25) is 0 Å². The lowest BCUT2D eigenvalue weighted by atomic mass is 9.89. The van der Waals surface area contributed by atoms with Crippen molar-refractivity contribution < 1.29 is 9.47 Å². The average molecular weight is 367 g/mol. The zero-order valence-corrected chi connectivity index (χ0v) is 15.6. The number of hydrogen-bond donors (Lipinski definition) is 1. The van der Waals surface area contributed by atoms with Crippen molar-refractivity contribution >= 4 is 33.1 Å². The Bertz CT molecular complexity index is 969. The van der Waals surface area contributed by atoms with E-state index in [1.165, 1.54) is 22.2 Å². The van der Waals surface area contributed by atoms with Crippen molar-refractivity contribution in [3.05, 3.63) is 35.0 Å². The van der Waals surface area contributed by atoms with E-state index in [2.05, 4.69) is 22.2 Å². The Kier molecular flexibility index (Phi) is 3.93. The van der Waals surface area contributed by atoms with E-state index in [4.69, 9.17) is 9.47 Å². The maximum Gasteiger partial charge on any atom is 0.163 e. The van der Waals surface area contributed by atoms with Gasteiger partial charge in [-0.05, 0) is 42.9 Å². The third-order valence-corrected chi connectivity index (χ3v) is 6.26. The molecular formula is C20H21N3O2S. The van der Waals surface area contributed by atoms with Crippen molar-refractivity contribution in [1.82, 2.24) is 9.97 Å². The van der Waals surface area contributed by atoms with Crippen molar-refractivity contribution in [2.75, 3.05) is 18.5 Å². The normalized spacial score (nSPS) is 19.0. The van der Waals surface area contributed by atoms with E-state index in [1.807, 2.05) is 29.5 Å². The van der Waals surface area contributed by atoms with Crippen molar-refractivity contribution in [1.29, 1.82) is 0 Å². The molecule has 26 heavy (non-hydrogen) atoms. The van der Waals surface area contributed by atoms with Gasteiger partial charge in [0.2, 0.25) is 0 Å². The Morgan fingerprint density at radius 2 is 2.04 bits per heavy atom. The van der Waals surface area contributed by atoms with Gasteiger partial charge in [-0.3, -0.25) is 0 Å². The first-order valence-electron chi connectivity index (χ1n) is 9.20. The van der Waals surface area contributed by atoms with Gasteiger partial charge in [0, 0.05) is 23.1 Å². The van der Waals surface area contributed by atoms with Gasteiger partial charge >= 0.3 is 0 Å². The first kappa shape index (κ1) is 15.9. The maximum absolute atomic E-state index is 5.81. The largest absolute Gasteiger partial charge is 0.490 e. The zero-order chi connectivity index (χ0) is 17.5. The van der Waals surface area contributed by atoms with Crippen LogP contribution in [-0.2, 0) is 12.8 Å². The van der Waals surface area contributed by atoms with Crippen molar-refractivity contribution in [2.24, 2.45) is 5.92 Å². The fraction of sp³-hybridized carbons (Fsp3) is 0.400. The number of benzene rings is 1. The Hall–Kier alpha value is -2.34. The van der Waals surface area contributed by atoms with E-state index in [9.17, 15) is 0 Å². The Labute approximate surface area is 156 Å². The molecule has 1 N–H and O–H groups in total. The van der Waals surface area contributed by atoms with Crippen LogP contribution in [-0.4, -0.2) is 23.2 Å². The Morgan fingerprint density at radius 1 is 1.15 bits per heavy atom. The molecule has 0 saturated carbocycles. The van der Waals surface area contributed by atoms with Crippen LogP contribution in [0.5, 0.6) is 11.5 Å². The molecule has 1 aromatic carbocycles. The quantitative estimate of drug-likeness (QED) is 0.710. The third-order valence-electron chi connectivity index (χ3n) is 5.10. The smallest absolute Gasteiger partial charge is 0.163 e. The summed E-state index contributed by atoms with van der Waals surface area (Å²) < 4.78 is 11.5. The first-order chi connectivity index (χ1) is 12.8. The van der Waals surface area contributed by atoms with Gasteiger partial charge in [-0.25, -0.2) is 9.97 Å². The summed E-state index contributed by atoms with van der Waals surface area (Å²) in [5.74, 6) is 3.24. The minimum atomic E-state index is 0.685. The van der Waals surface area contributed by atoms with Crippen LogP contribution in [0, 0.1) is 5.92 Å². The summed E-state index contributed by atoms with van der Waals surface area (Å²) in [7, 11) is 0. The van der Waals surface area contributed by atoms with Gasteiger partial charge in [0.1, 0.15) is 17.0 Å². The second kappa shape index (κ2) is 6.43. The lowest BCUT2D eigenvalue weighted by Crippen LogP contribution is -2.09. The predicted octanol–water partition coefficient (Wildman–Crippen LogP) is 4.72. The lowest BCUT2D eigenvalue weighted by Gasteiger charge is -2.18. The summed E-state index contributed by atoms with van der Waals surface area (Å²) in [6, 6.07) is 5.98. The highest BCUT2D eigenvalue weighted by molar-refractivity contribution is 7.19. The number of aromatic nitrogens is 2. The number of aryl methyl sites for hydroxylation is 1. The van der Waals surface area contributed by atoms with E-state index in [-0.39, 0.29) is 0 Å². The highest BCUT2D eigenvalue weighted by atomic mass is 32.1. The number of nitrogens with one attached hydrogen (secondary N) is 1. The van der Waals surface area contributed by atoms with E-state index in [0.29, 0.717) is 13.2 Å². The highest BCUT2D eigenvalue weighted by Crippen LogP contribution is 2.41. The minimum absolute atomic E-state index is 0.685. The Balaban J connectivity index is 1.53. The molecule has 3 heterocycles. The predicted molar refractivity (Wildman–Crippen MR) is 104 cm³/mol. The molecule has 0 bridgehead atoms. The van der Waals surface area contributed by atoms with E-state index in [0.717, 1.165) is 53.0 Å². The van der Waals surface area contributed by atoms with Crippen LogP contribution in [0.3, 0.4) is 0 Å². The van der Waals surface area contributed by atoms with Crippen LogP contribution >= 0.6 is 11.3 Å². The number of anilines is 2. The van der Waals surface area contributed by atoms with Crippen LogP contribution in [0.15, 0.2) is 24.5 Å². The fourth-order valence-corrected chi connectivity index (χ4v) is 5.10. The molecule has 134 valence electrons. The number of hydrogen-bond acceptors (Lipinski definition) is 6. The standard InChI is InChI=1S/C20H21N3O2S/c1-12-3-5-14-17(9-12)26-20-18(14)19(21-11-22-20)23-13-4-6-15-16(10-13)25-8-2-7-24-15/h4,6,10-12H,2-3,5,7-9H2,1H3,(H,21,22,23). The van der Waals surface area contributed by atoms with Crippen LogP contribution < -0.4 is 14.8 Å². The maximum atomic E-state index is 5.81. The van der Waals surface area contributed by atoms with Crippen molar-refractivity contribution in [3.63, 3.8) is 0 Å². The summed E-state index contributed by atoms with van der Waals surface area (Å²) in [4.78, 5) is 11.6. The van der Waals surface area contributed by atoms with E-state index < -0.39 is 0 Å². The molecule has 5 nitrogen and oxygen atoms in total. The van der Waals surface area contributed by atoms with Crippen LogP contribution in [0.25, 0.3) is 10.2 Å². The molecule has 0 saturated heterocycles. The molecule has 2 aliphatic rings. The lowest BCUT2D eigenvalue weighted by molar-refractivity contribution is 0.297. The minimum Gasteiger partial charge on any atom is -0.490 e. The zero-order valence-electron chi connectivity index (χ0n) is 14.7. The van der Waals surface area contributed by atoms with Gasteiger partial charge in [-0.1, -0.05) is 6.92 Å². The second-order valence-electron chi connectivity index (χ2n) is 7.09. The molecule has 3 aromatic rings. The molecule has 6 heteroatoms. The average Bonchev–Trinajstić information content (AvgIpc) is 2.84. The monoisotopic (exact) mass is 367 g/mol. The van der Waals surface area contributed by atoms with Crippen LogP contribution in [0.4, 0.5) is 11.5 Å². The second-order valence-corrected chi connectivity index (χ2v) is 8.17. The van der Waals surface area contributed by atoms with E-state index in [1.54, 1.807) is 6.33 Å². The molecule has 0 spiro atoms. The molecule has 5 rings (SSSR count). The number of rotatable bonds is 2. The molecular weight excluding hydrogens is 346 g/mol. The molecule has 0 radical (unpaired) electrons. The molecule has 0 fully saturated rings. The summed E-state index contributed by atoms with van der Waals surface area (Å²) >= 11 is 1.82. The SMILES string of the molecule is CC1CCc2c(sc3ncnc(Nc4ccc5c(c4)OCCCO5)c23)C1. The third kappa shape index (κ3) is 2.78. The summed E-state index contributed by atoms with van der Waals surface area (Å²) in [5.41, 5.74) is 2.39. The first-order valence-corrected chi connectivity index (χ1v) is 10.0. The molecule has 2 aromatic heterocycles. The molecule has 1 aliphatic heterocycles. The molecule has 1 aliphatic carbocycles. The Morgan fingerprint density at radius 3 is 2.96 bits per heavy atom. The van der Waals surface area contributed by atoms with Gasteiger partial charge in [-0.2, -0.15) is 0 Å². The van der Waals surface area contributed by atoms with Gasteiger partial charge < -0.3 is 14.8 Å². The van der Waals surface area contributed by atoms with Gasteiger partial charge in [0.25, 0.3) is 0 Å². The number of nitrogens with zero attached hydrogens (tertiary/aromatic N) is 2. The van der Waals surface area contributed by atoms with Crippen molar-refractivity contribution in [3.8, 4) is 11.5 Å². The van der Waals surface area contributed by atoms with Crippen LogP contribution in [0.1, 0.15) is 30.2 Å². The molecule has 1 unspecified atom stereocenters. The molecule has 1 atom stereocenters. The van der Waals surface area contributed by atoms with Gasteiger partial charge in [-0.15, -0.1) is 11.3 Å². The number of ether oxygens (including phenoxy) is 2. The molecule has 0 amide bonds. The summed E-state index contributed by atoms with van der Waals surface area (Å²) in [5, 5.41) is 4.67. The van der Waals surface area contributed by atoms with Gasteiger partial charge in [0.05, 0.1) is 18.6 Å². The number of thiophene rings is 1. The summed E-state index contributed by atoms with van der Waals surface area (Å²) in [6.45, 7) is 3.71. The highest BCUT2D eigenvalue weighted by Gasteiger charge is 2.23. The van der Waals surface area contributed by atoms with E-state index >= 15 is 0 Å². The number of fused-ring (bicyclic) bond motifs is 4. The summed E-state index contributed by atoms with van der Waals surface area (Å²) in [6.07, 6.45) is 6.05. The fourth-order valence-electron chi connectivity index (χ4n) is 3.75.